The monoisotopic (exact) mass is 383 g/mol. The first-order valence-electron chi connectivity index (χ1n) is 5.48. The van der Waals surface area contributed by atoms with Gasteiger partial charge in [-0.15, -0.1) is 12.4 Å². The van der Waals surface area contributed by atoms with Gasteiger partial charge in [0, 0.05) is 8.95 Å². The van der Waals surface area contributed by atoms with Gasteiger partial charge in [0.25, 0.3) is 0 Å². The van der Waals surface area contributed by atoms with Gasteiger partial charge in [-0.3, -0.25) is 0 Å². The van der Waals surface area contributed by atoms with Gasteiger partial charge < -0.3 is 10.8 Å². The van der Waals surface area contributed by atoms with Crippen molar-refractivity contribution >= 4 is 44.3 Å². The van der Waals surface area contributed by atoms with Gasteiger partial charge in [0.05, 0.1) is 12.1 Å². The molecule has 0 aliphatic heterocycles. The molecule has 1 saturated carbocycles. The van der Waals surface area contributed by atoms with Crippen molar-refractivity contribution in [3.05, 3.63) is 32.7 Å². The van der Waals surface area contributed by atoms with Gasteiger partial charge in [0.1, 0.15) is 0 Å². The fraction of sp³-hybridized carbons (Fsp3) is 0.500. The molecule has 2 nitrogen and oxygen atoms in total. The second-order valence-corrected chi connectivity index (χ2v) is 6.09. The van der Waals surface area contributed by atoms with E-state index in [2.05, 4.69) is 31.9 Å². The summed E-state index contributed by atoms with van der Waals surface area (Å²) in [6, 6.07) is 5.60. The Hall–Kier alpha value is 0.390. The molecule has 0 radical (unpaired) electrons. The Labute approximate surface area is 125 Å². The van der Waals surface area contributed by atoms with Crippen LogP contribution in [0.3, 0.4) is 0 Å². The molecule has 1 aromatic carbocycles. The second kappa shape index (κ2) is 6.53. The maximum Gasteiger partial charge on any atom is 0.0760 e. The van der Waals surface area contributed by atoms with E-state index in [1.165, 1.54) is 6.42 Å². The topological polar surface area (TPSA) is 46.2 Å². The first-order chi connectivity index (χ1) is 7.59. The van der Waals surface area contributed by atoms with Gasteiger partial charge in [0.2, 0.25) is 0 Å². The van der Waals surface area contributed by atoms with Gasteiger partial charge in [-0.2, -0.15) is 0 Å². The van der Waals surface area contributed by atoms with E-state index in [9.17, 15) is 5.11 Å². The highest BCUT2D eigenvalue weighted by molar-refractivity contribution is 9.13. The maximum atomic E-state index is 10.1. The summed E-state index contributed by atoms with van der Waals surface area (Å²) < 4.78 is 1.97. The van der Waals surface area contributed by atoms with E-state index in [4.69, 9.17) is 5.73 Å². The van der Waals surface area contributed by atoms with Crippen LogP contribution in [-0.2, 0) is 0 Å². The molecule has 2 rings (SSSR count). The van der Waals surface area contributed by atoms with Crippen LogP contribution in [0.5, 0.6) is 0 Å². The van der Waals surface area contributed by atoms with Crippen molar-refractivity contribution in [1.29, 1.82) is 0 Å². The molecule has 5 heteroatoms. The summed E-state index contributed by atoms with van der Waals surface area (Å²) in [5.41, 5.74) is 7.06. The van der Waals surface area contributed by atoms with E-state index in [0.717, 1.165) is 27.4 Å². The third-order valence-corrected chi connectivity index (χ3v) is 5.21. The highest BCUT2D eigenvalue weighted by Crippen LogP contribution is 2.35. The van der Waals surface area contributed by atoms with E-state index >= 15 is 0 Å². The minimum Gasteiger partial charge on any atom is -0.391 e. The third-order valence-electron chi connectivity index (χ3n) is 3.33. The van der Waals surface area contributed by atoms with Crippen molar-refractivity contribution in [3.63, 3.8) is 0 Å². The van der Waals surface area contributed by atoms with Crippen molar-refractivity contribution in [2.45, 2.75) is 31.4 Å². The normalized spacial score (nSPS) is 19.1. The number of nitrogens with two attached hydrogens (primary N) is 1. The Morgan fingerprint density at radius 2 is 1.88 bits per heavy atom. The van der Waals surface area contributed by atoms with Gasteiger partial charge >= 0.3 is 0 Å². The van der Waals surface area contributed by atoms with Crippen LogP contribution < -0.4 is 5.73 Å². The first kappa shape index (κ1) is 15.4. The number of aliphatic hydroxyl groups is 1. The summed E-state index contributed by atoms with van der Waals surface area (Å²) in [5.74, 6) is 0.387. The lowest BCUT2D eigenvalue weighted by molar-refractivity contribution is 0.0413. The zero-order valence-electron chi connectivity index (χ0n) is 9.27. The third kappa shape index (κ3) is 3.44. The predicted molar refractivity (Wildman–Crippen MR) is 79.4 cm³/mol. The highest BCUT2D eigenvalue weighted by atomic mass is 79.9. The fourth-order valence-corrected chi connectivity index (χ4v) is 2.63. The smallest absolute Gasteiger partial charge is 0.0760 e. The number of hydrogen-bond acceptors (Lipinski definition) is 2. The van der Waals surface area contributed by atoms with Crippen LogP contribution in [0.4, 0.5) is 0 Å². The molecule has 1 fully saturated rings. The lowest BCUT2D eigenvalue weighted by atomic mass is 9.77. The molecule has 1 aliphatic carbocycles. The van der Waals surface area contributed by atoms with Gasteiger partial charge in [-0.25, -0.2) is 0 Å². The van der Waals surface area contributed by atoms with Gasteiger partial charge in [0.15, 0.2) is 0 Å². The molecule has 1 aliphatic rings. The van der Waals surface area contributed by atoms with E-state index in [1.54, 1.807) is 0 Å². The lowest BCUT2D eigenvalue weighted by Gasteiger charge is -2.33. The minimum atomic E-state index is -0.415. The SMILES string of the molecule is Cl.N[C@H](c1ccc(Br)c(Br)c1)[C@@H](O)C1CCC1. The minimum absolute atomic E-state index is 0. The molecule has 0 amide bonds. The Bertz CT molecular complexity index is 385. The highest BCUT2D eigenvalue weighted by Gasteiger charge is 2.30. The molecule has 0 spiro atoms. The molecule has 2 atom stereocenters. The van der Waals surface area contributed by atoms with E-state index in [0.29, 0.717) is 5.92 Å². The maximum absolute atomic E-state index is 10.1. The lowest BCUT2D eigenvalue weighted by Crippen LogP contribution is -2.36. The zero-order chi connectivity index (χ0) is 11.7. The number of aliphatic hydroxyl groups excluding tert-OH is 1. The van der Waals surface area contributed by atoms with Crippen LogP contribution in [0.25, 0.3) is 0 Å². The van der Waals surface area contributed by atoms with Crippen molar-refractivity contribution < 1.29 is 5.11 Å². The molecule has 0 saturated heterocycles. The number of hydrogen-bond donors (Lipinski definition) is 2. The molecule has 0 bridgehead atoms. The van der Waals surface area contributed by atoms with Crippen LogP contribution in [0.1, 0.15) is 30.9 Å². The molecule has 17 heavy (non-hydrogen) atoms. The molecular weight excluding hydrogens is 369 g/mol. The number of halogens is 3. The van der Waals surface area contributed by atoms with Crippen LogP contribution in [0.2, 0.25) is 0 Å². The summed E-state index contributed by atoms with van der Waals surface area (Å²) >= 11 is 6.87. The van der Waals surface area contributed by atoms with Crippen LogP contribution >= 0.6 is 44.3 Å². The van der Waals surface area contributed by atoms with E-state index in [-0.39, 0.29) is 18.4 Å². The van der Waals surface area contributed by atoms with E-state index in [1.807, 2.05) is 18.2 Å². The number of benzene rings is 1. The summed E-state index contributed by atoms with van der Waals surface area (Å²) in [5, 5.41) is 10.1. The quantitative estimate of drug-likeness (QED) is 0.831. The summed E-state index contributed by atoms with van der Waals surface area (Å²) in [6.07, 6.45) is 3.01. The standard InChI is InChI=1S/C12H15Br2NO.ClH/c13-9-5-4-8(6-10(9)14)11(15)12(16)7-2-1-3-7;/h4-7,11-12,16H,1-3,15H2;1H/t11-,12+;/m1./s1. The second-order valence-electron chi connectivity index (χ2n) is 4.38. The molecule has 96 valence electrons. The summed E-state index contributed by atoms with van der Waals surface area (Å²) in [6.45, 7) is 0. The molecule has 3 N–H and O–H groups in total. The summed E-state index contributed by atoms with van der Waals surface area (Å²) in [7, 11) is 0. The van der Waals surface area contributed by atoms with E-state index < -0.39 is 6.10 Å². The largest absolute Gasteiger partial charge is 0.391 e. The van der Waals surface area contributed by atoms with Crippen molar-refractivity contribution in [3.8, 4) is 0 Å². The van der Waals surface area contributed by atoms with Crippen molar-refractivity contribution in [1.82, 2.24) is 0 Å². The van der Waals surface area contributed by atoms with Gasteiger partial charge in [-0.1, -0.05) is 12.5 Å². The Balaban J connectivity index is 0.00000144. The Morgan fingerprint density at radius 3 is 2.35 bits per heavy atom. The average Bonchev–Trinajstić information content (AvgIpc) is 2.18. The van der Waals surface area contributed by atoms with Crippen molar-refractivity contribution in [2.75, 3.05) is 0 Å². The Kier molecular flexibility index (Phi) is 5.93. The fourth-order valence-electron chi connectivity index (χ4n) is 1.99. The average molecular weight is 386 g/mol. The first-order valence-corrected chi connectivity index (χ1v) is 7.07. The Morgan fingerprint density at radius 1 is 1.24 bits per heavy atom. The molecule has 1 aromatic rings. The molecule has 0 unspecified atom stereocenters. The predicted octanol–water partition coefficient (Wildman–Crippen LogP) is 3.79. The van der Waals surface area contributed by atoms with Gasteiger partial charge in [-0.05, 0) is 68.3 Å². The number of rotatable bonds is 3. The molecular formula is C12H16Br2ClNO. The molecule has 0 heterocycles. The van der Waals surface area contributed by atoms with Crippen LogP contribution in [0.15, 0.2) is 27.1 Å². The zero-order valence-corrected chi connectivity index (χ0v) is 13.3. The summed E-state index contributed by atoms with van der Waals surface area (Å²) in [4.78, 5) is 0. The van der Waals surface area contributed by atoms with Crippen LogP contribution in [-0.4, -0.2) is 11.2 Å². The van der Waals surface area contributed by atoms with Crippen molar-refractivity contribution in [2.24, 2.45) is 11.7 Å². The van der Waals surface area contributed by atoms with Crippen LogP contribution in [0, 0.1) is 5.92 Å². The molecule has 0 aromatic heterocycles.